The molecule has 1 unspecified atom stereocenters. The Bertz CT molecular complexity index is 1100. The van der Waals surface area contributed by atoms with E-state index in [1.165, 1.54) is 11.3 Å². The maximum atomic E-state index is 13.3. The van der Waals surface area contributed by atoms with Crippen LogP contribution in [0.1, 0.15) is 47.4 Å². The molecule has 33 heavy (non-hydrogen) atoms. The Labute approximate surface area is 197 Å². The van der Waals surface area contributed by atoms with Crippen LogP contribution in [0.3, 0.4) is 0 Å². The molecular formula is C25H28N2O5S. The molecule has 1 atom stereocenters. The fourth-order valence-corrected chi connectivity index (χ4v) is 5.46. The average Bonchev–Trinajstić information content (AvgIpc) is 3.42. The van der Waals surface area contributed by atoms with Gasteiger partial charge in [-0.3, -0.25) is 9.59 Å². The molecule has 2 aromatic rings. The third-order valence-corrected chi connectivity index (χ3v) is 7.25. The van der Waals surface area contributed by atoms with Gasteiger partial charge < -0.3 is 19.6 Å². The summed E-state index contributed by atoms with van der Waals surface area (Å²) in [5.74, 6) is -1.41. The SMILES string of the molecule is CCOC(=O)N1CCC(N2C(=O)C(=O)/C(=C(\O)c3cc(C)ccc3C)C2c2cccs2)CC1. The number of ether oxygens (including phenoxy) is 1. The van der Waals surface area contributed by atoms with Crippen LogP contribution in [0.25, 0.3) is 5.76 Å². The molecule has 2 aliphatic heterocycles. The third kappa shape index (κ3) is 4.27. The molecule has 1 aromatic heterocycles. The van der Waals surface area contributed by atoms with Gasteiger partial charge in [0.25, 0.3) is 11.7 Å². The summed E-state index contributed by atoms with van der Waals surface area (Å²) >= 11 is 1.45. The van der Waals surface area contributed by atoms with Crippen molar-refractivity contribution in [3.8, 4) is 0 Å². The molecule has 3 heterocycles. The van der Waals surface area contributed by atoms with Gasteiger partial charge in [-0.1, -0.05) is 23.8 Å². The molecule has 0 bridgehead atoms. The number of aryl methyl sites for hydroxylation is 2. The summed E-state index contributed by atoms with van der Waals surface area (Å²) < 4.78 is 5.09. The third-order valence-electron chi connectivity index (χ3n) is 6.32. The van der Waals surface area contributed by atoms with E-state index >= 15 is 0 Å². The Hall–Kier alpha value is -3.13. The normalized spacial score (nSPS) is 21.0. The summed E-state index contributed by atoms with van der Waals surface area (Å²) in [4.78, 5) is 42.7. The number of benzene rings is 1. The standard InChI is InChI=1S/C25H28N2O5S/c1-4-32-25(31)26-11-9-17(10-12-26)27-21(19-6-5-13-33-19)20(23(29)24(27)30)22(28)18-14-15(2)7-8-16(18)3/h5-8,13-14,17,21,28H,4,9-12H2,1-3H3/b22-20-. The lowest BCUT2D eigenvalue weighted by atomic mass is 9.95. The van der Waals surface area contributed by atoms with Crippen LogP contribution in [0, 0.1) is 13.8 Å². The summed E-state index contributed by atoms with van der Waals surface area (Å²) in [7, 11) is 0. The van der Waals surface area contributed by atoms with Crippen LogP contribution in [-0.2, 0) is 14.3 Å². The zero-order valence-electron chi connectivity index (χ0n) is 19.0. The number of nitrogens with zero attached hydrogens (tertiary/aromatic N) is 2. The van der Waals surface area contributed by atoms with Gasteiger partial charge in [0.2, 0.25) is 0 Å². The van der Waals surface area contributed by atoms with Crippen LogP contribution in [0.2, 0.25) is 0 Å². The van der Waals surface area contributed by atoms with Gasteiger partial charge >= 0.3 is 6.09 Å². The average molecular weight is 469 g/mol. The first-order valence-corrected chi connectivity index (χ1v) is 12.0. The van der Waals surface area contributed by atoms with Gasteiger partial charge in [-0.2, -0.15) is 0 Å². The maximum Gasteiger partial charge on any atom is 0.409 e. The molecule has 4 rings (SSSR count). The zero-order valence-corrected chi connectivity index (χ0v) is 19.9. The van der Waals surface area contributed by atoms with Gasteiger partial charge in [0.15, 0.2) is 0 Å². The molecule has 2 amide bonds. The van der Waals surface area contributed by atoms with Crippen LogP contribution in [0.15, 0.2) is 41.3 Å². The second kappa shape index (κ2) is 9.39. The van der Waals surface area contributed by atoms with E-state index in [-0.39, 0.29) is 23.5 Å². The molecule has 0 radical (unpaired) electrons. The molecule has 1 aromatic carbocycles. The molecular weight excluding hydrogens is 440 g/mol. The van der Waals surface area contributed by atoms with E-state index in [0.717, 1.165) is 16.0 Å². The topological polar surface area (TPSA) is 87.2 Å². The number of aliphatic hydroxyl groups excluding tert-OH is 1. The van der Waals surface area contributed by atoms with E-state index < -0.39 is 17.7 Å². The van der Waals surface area contributed by atoms with Crippen molar-refractivity contribution in [2.45, 2.75) is 45.7 Å². The Balaban J connectivity index is 1.72. The second-order valence-electron chi connectivity index (χ2n) is 8.46. The number of hydrogen-bond acceptors (Lipinski definition) is 6. The first-order chi connectivity index (χ1) is 15.8. The van der Waals surface area contributed by atoms with Gasteiger partial charge in [-0.05, 0) is 56.7 Å². The highest BCUT2D eigenvalue weighted by Crippen LogP contribution is 2.44. The summed E-state index contributed by atoms with van der Waals surface area (Å²) in [5, 5.41) is 13.2. The van der Waals surface area contributed by atoms with Crippen molar-refractivity contribution in [1.82, 2.24) is 9.80 Å². The minimum atomic E-state index is -0.667. The minimum Gasteiger partial charge on any atom is -0.507 e. The molecule has 1 N–H and O–H groups in total. The molecule has 174 valence electrons. The lowest BCUT2D eigenvalue weighted by Crippen LogP contribution is -2.48. The number of aliphatic hydroxyl groups is 1. The van der Waals surface area contributed by atoms with E-state index in [9.17, 15) is 19.5 Å². The van der Waals surface area contributed by atoms with Gasteiger partial charge in [0.05, 0.1) is 18.2 Å². The van der Waals surface area contributed by atoms with Crippen LogP contribution < -0.4 is 0 Å². The Morgan fingerprint density at radius 2 is 1.91 bits per heavy atom. The Morgan fingerprint density at radius 1 is 1.18 bits per heavy atom. The number of carbonyl (C=O) groups excluding carboxylic acids is 3. The number of carbonyl (C=O) groups is 3. The van der Waals surface area contributed by atoms with Crippen molar-refractivity contribution < 1.29 is 24.2 Å². The van der Waals surface area contributed by atoms with Crippen molar-refractivity contribution in [2.24, 2.45) is 0 Å². The smallest absolute Gasteiger partial charge is 0.409 e. The fraction of sp³-hybridized carbons (Fsp3) is 0.400. The van der Waals surface area contributed by atoms with Gasteiger partial charge in [-0.15, -0.1) is 11.3 Å². The number of likely N-dealkylation sites (tertiary alicyclic amines) is 2. The monoisotopic (exact) mass is 468 g/mol. The fourth-order valence-electron chi connectivity index (χ4n) is 4.63. The highest BCUT2D eigenvalue weighted by Gasteiger charge is 2.49. The highest BCUT2D eigenvalue weighted by atomic mass is 32.1. The van der Waals surface area contributed by atoms with Crippen molar-refractivity contribution in [1.29, 1.82) is 0 Å². The maximum absolute atomic E-state index is 13.3. The lowest BCUT2D eigenvalue weighted by molar-refractivity contribution is -0.142. The minimum absolute atomic E-state index is 0.129. The van der Waals surface area contributed by atoms with Crippen LogP contribution in [0.4, 0.5) is 4.79 Å². The van der Waals surface area contributed by atoms with E-state index in [2.05, 4.69) is 0 Å². The van der Waals surface area contributed by atoms with Gasteiger partial charge in [0.1, 0.15) is 5.76 Å². The summed E-state index contributed by atoms with van der Waals surface area (Å²) in [6.45, 7) is 6.76. The zero-order chi connectivity index (χ0) is 23.7. The largest absolute Gasteiger partial charge is 0.507 e. The highest BCUT2D eigenvalue weighted by molar-refractivity contribution is 7.10. The Kier molecular flexibility index (Phi) is 6.56. The second-order valence-corrected chi connectivity index (χ2v) is 9.44. The summed E-state index contributed by atoms with van der Waals surface area (Å²) in [6, 6.07) is 8.57. The number of thiophene rings is 1. The number of amides is 2. The first-order valence-electron chi connectivity index (χ1n) is 11.2. The van der Waals surface area contributed by atoms with Crippen LogP contribution in [-0.4, -0.2) is 58.4 Å². The number of ketones is 1. The predicted molar refractivity (Wildman–Crippen MR) is 126 cm³/mol. The molecule has 0 saturated carbocycles. The van der Waals surface area contributed by atoms with Crippen molar-refractivity contribution in [3.05, 3.63) is 62.9 Å². The number of piperidine rings is 1. The van der Waals surface area contributed by atoms with Gasteiger partial charge in [0, 0.05) is 29.6 Å². The van der Waals surface area contributed by atoms with Gasteiger partial charge in [-0.25, -0.2) is 4.79 Å². The molecule has 0 aliphatic carbocycles. The predicted octanol–water partition coefficient (Wildman–Crippen LogP) is 4.41. The number of rotatable bonds is 4. The van der Waals surface area contributed by atoms with E-state index in [1.807, 2.05) is 49.6 Å². The van der Waals surface area contributed by atoms with Crippen molar-refractivity contribution in [3.63, 3.8) is 0 Å². The van der Waals surface area contributed by atoms with E-state index in [0.29, 0.717) is 38.1 Å². The molecule has 2 aliphatic rings. The van der Waals surface area contributed by atoms with Crippen LogP contribution in [0.5, 0.6) is 0 Å². The summed E-state index contributed by atoms with van der Waals surface area (Å²) in [6.07, 6.45) is 0.719. The molecule has 2 fully saturated rings. The number of hydrogen-bond donors (Lipinski definition) is 1. The van der Waals surface area contributed by atoms with E-state index in [1.54, 1.807) is 16.7 Å². The molecule has 2 saturated heterocycles. The van der Waals surface area contributed by atoms with E-state index in [4.69, 9.17) is 4.74 Å². The molecule has 0 spiro atoms. The number of Topliss-reactive ketones (excluding diaryl/α,β-unsaturated/α-hetero) is 1. The molecule has 7 nitrogen and oxygen atoms in total. The van der Waals surface area contributed by atoms with Crippen molar-refractivity contribution >= 4 is 34.9 Å². The lowest BCUT2D eigenvalue weighted by Gasteiger charge is -2.38. The van der Waals surface area contributed by atoms with Crippen molar-refractivity contribution in [2.75, 3.05) is 19.7 Å². The quantitative estimate of drug-likeness (QED) is 0.408. The van der Waals surface area contributed by atoms with Crippen LogP contribution >= 0.6 is 11.3 Å². The summed E-state index contributed by atoms with van der Waals surface area (Å²) in [5.41, 5.74) is 2.48. The first kappa shape index (κ1) is 23.0. The Morgan fingerprint density at radius 3 is 2.55 bits per heavy atom. The molecule has 8 heteroatoms.